The predicted molar refractivity (Wildman–Crippen MR) is 108 cm³/mol. The summed E-state index contributed by atoms with van der Waals surface area (Å²) < 4.78 is 26.8. The third-order valence-corrected chi connectivity index (χ3v) is 6.97. The van der Waals surface area contributed by atoms with Crippen LogP contribution in [0.2, 0.25) is 5.02 Å². The van der Waals surface area contributed by atoms with Crippen molar-refractivity contribution in [1.29, 1.82) is 0 Å². The Labute approximate surface area is 170 Å². The Morgan fingerprint density at radius 1 is 1.11 bits per heavy atom. The van der Waals surface area contributed by atoms with Gasteiger partial charge in [-0.25, -0.2) is 8.42 Å². The molecule has 0 atom stereocenters. The van der Waals surface area contributed by atoms with Gasteiger partial charge in [-0.15, -0.1) is 0 Å². The van der Waals surface area contributed by atoms with Gasteiger partial charge in [-0.1, -0.05) is 23.7 Å². The molecule has 1 aliphatic heterocycles. The van der Waals surface area contributed by atoms with E-state index in [4.69, 9.17) is 11.6 Å². The fourth-order valence-electron chi connectivity index (χ4n) is 3.17. The Morgan fingerprint density at radius 2 is 1.79 bits per heavy atom. The molecule has 2 aromatic rings. The standard InChI is InChI=1S/C20H23ClN2O4S/c21-19-10-9-17(28(26,27)23-12-1-2-13-23)14-18(19)20(25)22-11-3-4-15-5-7-16(24)8-6-15/h5-10,14,24H,1-4,11-13H2,(H,22,25). The van der Waals surface area contributed by atoms with Gasteiger partial charge in [-0.2, -0.15) is 4.31 Å². The largest absolute Gasteiger partial charge is 0.508 e. The Kier molecular flexibility index (Phi) is 6.59. The summed E-state index contributed by atoms with van der Waals surface area (Å²) in [5.74, 6) is -0.176. The molecule has 1 aliphatic rings. The zero-order chi connectivity index (χ0) is 20.1. The number of aryl methyl sites for hydroxylation is 1. The van der Waals surface area contributed by atoms with Crippen LogP contribution < -0.4 is 5.32 Å². The molecular weight excluding hydrogens is 400 g/mol. The first-order valence-corrected chi connectivity index (χ1v) is 11.1. The van der Waals surface area contributed by atoms with E-state index in [1.807, 2.05) is 12.1 Å². The van der Waals surface area contributed by atoms with Crippen LogP contribution in [0.15, 0.2) is 47.4 Å². The molecule has 0 radical (unpaired) electrons. The number of sulfonamides is 1. The van der Waals surface area contributed by atoms with Crippen LogP contribution in [-0.4, -0.2) is 43.4 Å². The summed E-state index contributed by atoms with van der Waals surface area (Å²) >= 11 is 6.13. The smallest absolute Gasteiger partial charge is 0.252 e. The van der Waals surface area contributed by atoms with Gasteiger partial charge in [0.2, 0.25) is 10.0 Å². The molecule has 6 nitrogen and oxygen atoms in total. The second-order valence-corrected chi connectivity index (χ2v) is 9.12. The van der Waals surface area contributed by atoms with Crippen LogP contribution in [0, 0.1) is 0 Å². The van der Waals surface area contributed by atoms with Crippen molar-refractivity contribution in [3.63, 3.8) is 0 Å². The minimum atomic E-state index is -3.60. The number of phenolic OH excluding ortho intramolecular Hbond substituents is 1. The second-order valence-electron chi connectivity index (χ2n) is 6.78. The summed E-state index contributed by atoms with van der Waals surface area (Å²) in [4.78, 5) is 12.6. The molecular formula is C20H23ClN2O4S. The highest BCUT2D eigenvalue weighted by Gasteiger charge is 2.28. The molecule has 1 saturated heterocycles. The van der Waals surface area contributed by atoms with E-state index in [-0.39, 0.29) is 21.2 Å². The van der Waals surface area contributed by atoms with Gasteiger partial charge in [0.25, 0.3) is 5.91 Å². The van der Waals surface area contributed by atoms with Gasteiger partial charge in [-0.3, -0.25) is 4.79 Å². The van der Waals surface area contributed by atoms with Crippen LogP contribution in [0.4, 0.5) is 0 Å². The van der Waals surface area contributed by atoms with Gasteiger partial charge >= 0.3 is 0 Å². The van der Waals surface area contributed by atoms with E-state index in [0.717, 1.165) is 24.8 Å². The van der Waals surface area contributed by atoms with Gasteiger partial charge in [0, 0.05) is 19.6 Å². The summed E-state index contributed by atoms with van der Waals surface area (Å²) in [6.45, 7) is 1.44. The monoisotopic (exact) mass is 422 g/mol. The van der Waals surface area contributed by atoms with Crippen molar-refractivity contribution < 1.29 is 18.3 Å². The quantitative estimate of drug-likeness (QED) is 0.671. The first-order valence-electron chi connectivity index (χ1n) is 9.24. The highest BCUT2D eigenvalue weighted by Crippen LogP contribution is 2.25. The van der Waals surface area contributed by atoms with Crippen molar-refractivity contribution in [2.45, 2.75) is 30.6 Å². The number of amides is 1. The number of hydrogen-bond acceptors (Lipinski definition) is 4. The van der Waals surface area contributed by atoms with Gasteiger partial charge in [0.05, 0.1) is 15.5 Å². The molecule has 1 fully saturated rings. The molecule has 28 heavy (non-hydrogen) atoms. The van der Waals surface area contributed by atoms with E-state index >= 15 is 0 Å². The number of carbonyl (C=O) groups is 1. The fourth-order valence-corrected chi connectivity index (χ4v) is 4.92. The van der Waals surface area contributed by atoms with E-state index in [2.05, 4.69) is 5.32 Å². The highest BCUT2D eigenvalue weighted by atomic mass is 35.5. The van der Waals surface area contributed by atoms with E-state index in [1.165, 1.54) is 22.5 Å². The zero-order valence-electron chi connectivity index (χ0n) is 15.4. The van der Waals surface area contributed by atoms with Crippen LogP contribution >= 0.6 is 11.6 Å². The molecule has 0 spiro atoms. The first kappa shape index (κ1) is 20.6. The molecule has 3 rings (SSSR count). The van der Waals surface area contributed by atoms with Crippen molar-refractivity contribution in [2.24, 2.45) is 0 Å². The Bertz CT molecular complexity index is 939. The first-order chi connectivity index (χ1) is 13.4. The SMILES string of the molecule is O=C(NCCCc1ccc(O)cc1)c1cc(S(=O)(=O)N2CCCC2)ccc1Cl. The number of carbonyl (C=O) groups excluding carboxylic acids is 1. The average molecular weight is 423 g/mol. The Morgan fingerprint density at radius 3 is 2.46 bits per heavy atom. The van der Waals surface area contributed by atoms with Gasteiger partial charge in [0.1, 0.15) is 5.75 Å². The van der Waals surface area contributed by atoms with Crippen molar-refractivity contribution in [3.05, 3.63) is 58.6 Å². The minimum absolute atomic E-state index is 0.0908. The van der Waals surface area contributed by atoms with Gasteiger partial charge in [-0.05, 0) is 61.6 Å². The molecule has 0 unspecified atom stereocenters. The van der Waals surface area contributed by atoms with Crippen molar-refractivity contribution in [1.82, 2.24) is 9.62 Å². The average Bonchev–Trinajstić information content (AvgIpc) is 3.22. The summed E-state index contributed by atoms with van der Waals surface area (Å²) in [6.07, 6.45) is 3.15. The Hall–Kier alpha value is -2.09. The van der Waals surface area contributed by atoms with Gasteiger partial charge < -0.3 is 10.4 Å². The van der Waals surface area contributed by atoms with Crippen molar-refractivity contribution >= 4 is 27.5 Å². The number of halogens is 1. The molecule has 0 bridgehead atoms. The zero-order valence-corrected chi connectivity index (χ0v) is 17.0. The summed E-state index contributed by atoms with van der Waals surface area (Å²) in [6, 6.07) is 11.2. The van der Waals surface area contributed by atoms with Crippen molar-refractivity contribution in [2.75, 3.05) is 19.6 Å². The maximum Gasteiger partial charge on any atom is 0.252 e. The van der Waals surface area contributed by atoms with E-state index in [0.29, 0.717) is 26.1 Å². The van der Waals surface area contributed by atoms with Crippen molar-refractivity contribution in [3.8, 4) is 5.75 Å². The van der Waals surface area contributed by atoms with E-state index < -0.39 is 15.9 Å². The minimum Gasteiger partial charge on any atom is -0.508 e. The van der Waals surface area contributed by atoms with Gasteiger partial charge in [0.15, 0.2) is 0 Å². The number of hydrogen-bond donors (Lipinski definition) is 2. The maximum absolute atomic E-state index is 12.7. The molecule has 8 heteroatoms. The summed E-state index contributed by atoms with van der Waals surface area (Å²) in [5.41, 5.74) is 1.22. The van der Waals surface area contributed by atoms with Crippen LogP contribution in [0.1, 0.15) is 35.2 Å². The third kappa shape index (κ3) is 4.84. The molecule has 2 N–H and O–H groups in total. The van der Waals surface area contributed by atoms with E-state index in [9.17, 15) is 18.3 Å². The third-order valence-electron chi connectivity index (χ3n) is 4.75. The number of aromatic hydroxyl groups is 1. The topological polar surface area (TPSA) is 86.7 Å². The number of rotatable bonds is 7. The van der Waals surface area contributed by atoms with Crippen LogP contribution in [0.25, 0.3) is 0 Å². The molecule has 1 heterocycles. The summed E-state index contributed by atoms with van der Waals surface area (Å²) in [5, 5.41) is 12.3. The lowest BCUT2D eigenvalue weighted by Crippen LogP contribution is -2.29. The molecule has 0 aromatic heterocycles. The lowest BCUT2D eigenvalue weighted by Gasteiger charge is -2.16. The molecule has 1 amide bonds. The highest BCUT2D eigenvalue weighted by molar-refractivity contribution is 7.89. The number of nitrogens with zero attached hydrogens (tertiary/aromatic N) is 1. The molecule has 0 saturated carbocycles. The van der Waals surface area contributed by atoms with E-state index in [1.54, 1.807) is 12.1 Å². The molecule has 0 aliphatic carbocycles. The molecule has 150 valence electrons. The van der Waals surface area contributed by atoms with Crippen LogP contribution in [0.3, 0.4) is 0 Å². The maximum atomic E-state index is 12.7. The fraction of sp³-hybridized carbons (Fsp3) is 0.350. The van der Waals surface area contributed by atoms with Crippen LogP contribution in [0.5, 0.6) is 5.75 Å². The normalized spacial score (nSPS) is 14.9. The second kappa shape index (κ2) is 8.94. The lowest BCUT2D eigenvalue weighted by atomic mass is 10.1. The summed E-state index contributed by atoms with van der Waals surface area (Å²) in [7, 11) is -3.60. The molecule has 2 aromatic carbocycles. The van der Waals surface area contributed by atoms with Crippen LogP contribution in [-0.2, 0) is 16.4 Å². The number of benzene rings is 2. The number of nitrogens with one attached hydrogen (secondary N) is 1. The number of phenols is 1. The Balaban J connectivity index is 1.62. The predicted octanol–water partition coefficient (Wildman–Crippen LogP) is 3.19. The lowest BCUT2D eigenvalue weighted by molar-refractivity contribution is 0.0953.